The highest BCUT2D eigenvalue weighted by atomic mass is 16.3. The van der Waals surface area contributed by atoms with Crippen LogP contribution in [0.1, 0.15) is 43.4 Å². The molecule has 278 valence electrons. The first-order chi connectivity index (χ1) is 28.5. The summed E-state index contributed by atoms with van der Waals surface area (Å²) in [7, 11) is 0. The molecule has 0 aliphatic heterocycles. The molecule has 0 saturated heterocycles. The Bertz CT molecular complexity index is 3050. The van der Waals surface area contributed by atoms with Gasteiger partial charge in [-0.1, -0.05) is 123 Å². The smallest absolute Gasteiger partial charge is 0.135 e. The summed E-state index contributed by atoms with van der Waals surface area (Å²) in [6.07, 6.45) is 6.51. The molecule has 2 aromatic heterocycles. The quantitative estimate of drug-likeness (QED) is 0.163. The Labute approximate surface area is 338 Å². The van der Waals surface area contributed by atoms with Crippen LogP contribution in [-0.2, 0) is 5.41 Å². The molecule has 9 aromatic rings. The molecular weight excluding hydrogens is 707 g/mol. The van der Waals surface area contributed by atoms with Gasteiger partial charge in [0.1, 0.15) is 22.7 Å². The average Bonchev–Trinajstić information content (AvgIpc) is 3.98. The van der Waals surface area contributed by atoms with E-state index in [-0.39, 0.29) is 5.41 Å². The number of furan rings is 2. The van der Waals surface area contributed by atoms with Crippen LogP contribution in [0.25, 0.3) is 72.4 Å². The first-order valence-electron chi connectivity index (χ1n) is 20.2. The standard InChI is InChI=1S/C55H41NO2/c1-55(2)49-33-41(23-30-45(49)47-34-48-46-15-9-10-16-53(46)58-54(48)35-50(47)55)52-32-31-51(57-52)40-21-28-44(29-22-40)56(42-24-17-38(18-25-42)36-11-5-3-6-12-36)43-26-19-39(20-27-43)37-13-7-4-8-14-37/h3-19,21-26,28-35H,20,27H2,1-2H3. The van der Waals surface area contributed by atoms with Crippen molar-refractivity contribution in [2.75, 3.05) is 4.90 Å². The molecule has 3 nitrogen and oxygen atoms in total. The molecule has 0 bridgehead atoms. The molecule has 7 aromatic carbocycles. The van der Waals surface area contributed by atoms with Gasteiger partial charge in [0.15, 0.2) is 0 Å². The fourth-order valence-electron chi connectivity index (χ4n) is 9.15. The maximum absolute atomic E-state index is 6.62. The van der Waals surface area contributed by atoms with Gasteiger partial charge in [-0.05, 0) is 136 Å². The lowest BCUT2D eigenvalue weighted by Gasteiger charge is -2.30. The number of fused-ring (bicyclic) bond motifs is 6. The van der Waals surface area contributed by atoms with E-state index in [2.05, 4.69) is 195 Å². The lowest BCUT2D eigenvalue weighted by molar-refractivity contribution is 0.596. The number of allylic oxidation sites excluding steroid dienone is 4. The summed E-state index contributed by atoms with van der Waals surface area (Å²) >= 11 is 0. The summed E-state index contributed by atoms with van der Waals surface area (Å²) in [5.41, 5.74) is 17.6. The highest BCUT2D eigenvalue weighted by Gasteiger charge is 2.37. The van der Waals surface area contributed by atoms with Crippen molar-refractivity contribution in [3.63, 3.8) is 0 Å². The van der Waals surface area contributed by atoms with Crippen molar-refractivity contribution in [1.82, 2.24) is 0 Å². The van der Waals surface area contributed by atoms with Gasteiger partial charge in [-0.15, -0.1) is 0 Å². The zero-order valence-electron chi connectivity index (χ0n) is 32.6. The van der Waals surface area contributed by atoms with Crippen molar-refractivity contribution in [1.29, 1.82) is 0 Å². The van der Waals surface area contributed by atoms with E-state index in [4.69, 9.17) is 8.83 Å². The van der Waals surface area contributed by atoms with Gasteiger partial charge in [0, 0.05) is 44.4 Å². The molecule has 0 amide bonds. The molecule has 58 heavy (non-hydrogen) atoms. The van der Waals surface area contributed by atoms with Crippen LogP contribution in [0.15, 0.2) is 203 Å². The topological polar surface area (TPSA) is 29.5 Å². The van der Waals surface area contributed by atoms with Crippen LogP contribution in [0, 0.1) is 0 Å². The maximum Gasteiger partial charge on any atom is 0.135 e. The second kappa shape index (κ2) is 13.5. The zero-order chi connectivity index (χ0) is 38.8. The first kappa shape index (κ1) is 34.2. The predicted octanol–water partition coefficient (Wildman–Crippen LogP) is 15.4. The van der Waals surface area contributed by atoms with Crippen molar-refractivity contribution in [2.45, 2.75) is 32.1 Å². The molecular formula is C55H41NO2. The van der Waals surface area contributed by atoms with Crippen LogP contribution >= 0.6 is 0 Å². The second-order valence-corrected chi connectivity index (χ2v) is 16.1. The Balaban J connectivity index is 0.901. The van der Waals surface area contributed by atoms with Crippen LogP contribution in [0.4, 0.5) is 11.4 Å². The van der Waals surface area contributed by atoms with Crippen LogP contribution in [0.5, 0.6) is 0 Å². The van der Waals surface area contributed by atoms with E-state index in [0.717, 1.165) is 68.8 Å². The Morgan fingerprint density at radius 2 is 1.03 bits per heavy atom. The highest BCUT2D eigenvalue weighted by molar-refractivity contribution is 6.07. The molecule has 11 rings (SSSR count). The molecule has 0 fully saturated rings. The van der Waals surface area contributed by atoms with Crippen LogP contribution in [-0.4, -0.2) is 0 Å². The van der Waals surface area contributed by atoms with Crippen molar-refractivity contribution in [2.24, 2.45) is 0 Å². The Hall–Kier alpha value is -7.10. The van der Waals surface area contributed by atoms with Gasteiger partial charge >= 0.3 is 0 Å². The number of rotatable bonds is 7. The minimum absolute atomic E-state index is 0.181. The van der Waals surface area contributed by atoms with Crippen LogP contribution in [0.3, 0.4) is 0 Å². The van der Waals surface area contributed by atoms with Gasteiger partial charge in [-0.3, -0.25) is 0 Å². The molecule has 3 heteroatoms. The third-order valence-electron chi connectivity index (χ3n) is 12.3. The van der Waals surface area contributed by atoms with E-state index in [0.29, 0.717) is 0 Å². The fourth-order valence-corrected chi connectivity index (χ4v) is 9.15. The van der Waals surface area contributed by atoms with E-state index >= 15 is 0 Å². The van der Waals surface area contributed by atoms with Crippen LogP contribution < -0.4 is 4.90 Å². The third-order valence-corrected chi connectivity index (χ3v) is 12.3. The monoisotopic (exact) mass is 747 g/mol. The van der Waals surface area contributed by atoms with Crippen molar-refractivity contribution in [3.05, 3.63) is 210 Å². The zero-order valence-corrected chi connectivity index (χ0v) is 32.6. The molecule has 0 unspecified atom stereocenters. The first-order valence-corrected chi connectivity index (χ1v) is 20.2. The number of nitrogens with zero attached hydrogens (tertiary/aromatic N) is 1. The second-order valence-electron chi connectivity index (χ2n) is 16.1. The van der Waals surface area contributed by atoms with Crippen molar-refractivity contribution < 1.29 is 8.83 Å². The number of hydrogen-bond donors (Lipinski definition) is 0. The summed E-state index contributed by atoms with van der Waals surface area (Å²) in [6.45, 7) is 4.63. The maximum atomic E-state index is 6.62. The molecule has 0 spiro atoms. The number of para-hydroxylation sites is 1. The fraction of sp³-hybridized carbons (Fsp3) is 0.0909. The SMILES string of the molecule is CC1(C)c2cc(-c3ccc(-c4ccc(N(C5=CC=C(c6ccccc6)CC5)c5ccc(-c6ccccc6)cc5)cc4)o3)ccc2-c2cc3c(cc21)oc1ccccc13. The Morgan fingerprint density at radius 1 is 0.431 bits per heavy atom. The van der Waals surface area contributed by atoms with E-state index in [1.807, 2.05) is 12.1 Å². The summed E-state index contributed by atoms with van der Waals surface area (Å²) in [5, 5.41) is 2.32. The summed E-state index contributed by atoms with van der Waals surface area (Å²) in [6, 6.07) is 62.9. The molecule has 0 atom stereocenters. The molecule has 2 aliphatic rings. The Kier molecular flexibility index (Phi) is 7.97. The lowest BCUT2D eigenvalue weighted by atomic mass is 9.81. The van der Waals surface area contributed by atoms with Gasteiger partial charge in [-0.25, -0.2) is 0 Å². The minimum Gasteiger partial charge on any atom is -0.456 e. The van der Waals surface area contributed by atoms with Crippen molar-refractivity contribution in [3.8, 4) is 44.9 Å². The predicted molar refractivity (Wildman–Crippen MR) is 240 cm³/mol. The van der Waals surface area contributed by atoms with E-state index in [1.165, 1.54) is 50.2 Å². The average molecular weight is 748 g/mol. The Morgan fingerprint density at radius 3 is 1.74 bits per heavy atom. The van der Waals surface area contributed by atoms with Gasteiger partial charge in [0.25, 0.3) is 0 Å². The normalized spacial score (nSPS) is 14.2. The van der Waals surface area contributed by atoms with Gasteiger partial charge in [0.2, 0.25) is 0 Å². The molecule has 0 radical (unpaired) electrons. The van der Waals surface area contributed by atoms with Gasteiger partial charge in [0.05, 0.1) is 0 Å². The van der Waals surface area contributed by atoms with E-state index in [9.17, 15) is 0 Å². The van der Waals surface area contributed by atoms with Gasteiger partial charge in [-0.2, -0.15) is 0 Å². The van der Waals surface area contributed by atoms with E-state index < -0.39 is 0 Å². The summed E-state index contributed by atoms with van der Waals surface area (Å²) < 4.78 is 12.9. The van der Waals surface area contributed by atoms with Gasteiger partial charge < -0.3 is 13.7 Å². The molecule has 2 aliphatic carbocycles. The molecule has 2 heterocycles. The number of benzene rings is 7. The van der Waals surface area contributed by atoms with Crippen LogP contribution in [0.2, 0.25) is 0 Å². The minimum atomic E-state index is -0.181. The number of hydrogen-bond acceptors (Lipinski definition) is 3. The highest BCUT2D eigenvalue weighted by Crippen LogP contribution is 2.52. The van der Waals surface area contributed by atoms with Crippen molar-refractivity contribution >= 4 is 38.9 Å². The largest absolute Gasteiger partial charge is 0.456 e. The molecule has 0 saturated carbocycles. The third kappa shape index (κ3) is 5.73. The lowest BCUT2D eigenvalue weighted by Crippen LogP contribution is -2.17. The molecule has 0 N–H and O–H groups in total. The summed E-state index contributed by atoms with van der Waals surface area (Å²) in [4.78, 5) is 2.40. The number of anilines is 2. The summed E-state index contributed by atoms with van der Waals surface area (Å²) in [5.74, 6) is 1.71. The van der Waals surface area contributed by atoms with E-state index in [1.54, 1.807) is 0 Å².